The van der Waals surface area contributed by atoms with E-state index >= 15 is 0 Å². The van der Waals surface area contributed by atoms with Crippen LogP contribution in [-0.4, -0.2) is 37.0 Å². The van der Waals surface area contributed by atoms with Gasteiger partial charge in [-0.05, 0) is 51.1 Å². The van der Waals surface area contributed by atoms with Crippen molar-refractivity contribution in [3.05, 3.63) is 0 Å². The van der Waals surface area contributed by atoms with Crippen LogP contribution in [0.3, 0.4) is 0 Å². The monoisotopic (exact) mass is 345 g/mol. The third kappa shape index (κ3) is 5.96. The number of hydrogen-bond donors (Lipinski definition) is 3. The van der Waals surface area contributed by atoms with Crippen LogP contribution in [0.4, 0.5) is 0 Å². The van der Waals surface area contributed by atoms with Gasteiger partial charge < -0.3 is 16.0 Å². The van der Waals surface area contributed by atoms with Gasteiger partial charge in [0.2, 0.25) is 11.8 Å². The van der Waals surface area contributed by atoms with Gasteiger partial charge in [-0.1, -0.05) is 26.2 Å². The summed E-state index contributed by atoms with van der Waals surface area (Å²) in [6.45, 7) is 4.82. The minimum atomic E-state index is -0.654. The first kappa shape index (κ1) is 20.2. The molecule has 2 amide bonds. The summed E-state index contributed by atoms with van der Waals surface area (Å²) in [5, 5.41) is 9.41. The van der Waals surface area contributed by atoms with Crippen LogP contribution >= 0.6 is 12.4 Å². The number of carbonyl (C=O) groups is 2. The summed E-state index contributed by atoms with van der Waals surface area (Å²) in [4.78, 5) is 24.9. The average Bonchev–Trinajstić information content (AvgIpc) is 3.05. The Morgan fingerprint density at radius 3 is 2.57 bits per heavy atom. The quantitative estimate of drug-likeness (QED) is 0.662. The number of nitrogens with one attached hydrogen (secondary N) is 3. The van der Waals surface area contributed by atoms with E-state index in [1.807, 2.05) is 6.92 Å². The second-order valence-electron chi connectivity index (χ2n) is 6.84. The fraction of sp³-hybridized carbons (Fsp3) is 0.882. The van der Waals surface area contributed by atoms with Crippen molar-refractivity contribution < 1.29 is 9.59 Å². The minimum absolute atomic E-state index is 0. The third-order valence-corrected chi connectivity index (χ3v) is 5.00. The Balaban J connectivity index is 0.00000264. The van der Waals surface area contributed by atoms with Crippen molar-refractivity contribution in [3.8, 4) is 0 Å². The predicted molar refractivity (Wildman–Crippen MR) is 94.7 cm³/mol. The fourth-order valence-corrected chi connectivity index (χ4v) is 3.60. The van der Waals surface area contributed by atoms with E-state index in [9.17, 15) is 9.59 Å². The zero-order chi connectivity index (χ0) is 15.8. The molecule has 1 unspecified atom stereocenters. The molecule has 1 heterocycles. The van der Waals surface area contributed by atoms with Crippen molar-refractivity contribution in [2.24, 2.45) is 5.92 Å². The molecule has 1 aliphatic heterocycles. The summed E-state index contributed by atoms with van der Waals surface area (Å²) in [5.41, 5.74) is -0.654. The van der Waals surface area contributed by atoms with Crippen LogP contribution in [0.5, 0.6) is 0 Å². The third-order valence-electron chi connectivity index (χ3n) is 5.00. The highest BCUT2D eigenvalue weighted by Crippen LogP contribution is 2.29. The summed E-state index contributed by atoms with van der Waals surface area (Å²) in [7, 11) is 0. The maximum absolute atomic E-state index is 12.5. The first-order valence-electron chi connectivity index (χ1n) is 8.96. The Kier molecular flexibility index (Phi) is 8.92. The molecule has 1 saturated carbocycles. The summed E-state index contributed by atoms with van der Waals surface area (Å²) in [6.07, 6.45) is 8.30. The molecule has 1 saturated heterocycles. The van der Waals surface area contributed by atoms with E-state index in [1.54, 1.807) is 0 Å². The predicted octanol–water partition coefficient (Wildman–Crippen LogP) is 2.14. The lowest BCUT2D eigenvalue weighted by Gasteiger charge is -2.36. The van der Waals surface area contributed by atoms with Crippen LogP contribution < -0.4 is 16.0 Å². The maximum Gasteiger partial charge on any atom is 0.245 e. The lowest BCUT2D eigenvalue weighted by atomic mass is 9.80. The van der Waals surface area contributed by atoms with E-state index in [1.165, 1.54) is 0 Å². The van der Waals surface area contributed by atoms with E-state index in [2.05, 4.69) is 16.0 Å². The second-order valence-corrected chi connectivity index (χ2v) is 6.84. The fourth-order valence-electron chi connectivity index (χ4n) is 3.60. The van der Waals surface area contributed by atoms with Crippen LogP contribution in [-0.2, 0) is 9.59 Å². The van der Waals surface area contributed by atoms with Crippen LogP contribution in [0.2, 0.25) is 0 Å². The number of carbonyl (C=O) groups excluding carboxylic acids is 2. The number of halogens is 1. The van der Waals surface area contributed by atoms with Gasteiger partial charge >= 0.3 is 0 Å². The van der Waals surface area contributed by atoms with E-state index < -0.39 is 5.54 Å². The summed E-state index contributed by atoms with van der Waals surface area (Å²) >= 11 is 0. The highest BCUT2D eigenvalue weighted by molar-refractivity contribution is 5.91. The zero-order valence-electron chi connectivity index (χ0n) is 14.3. The van der Waals surface area contributed by atoms with Gasteiger partial charge in [-0.15, -0.1) is 12.4 Å². The Hall–Kier alpha value is -0.810. The molecule has 23 heavy (non-hydrogen) atoms. The molecule has 2 rings (SSSR count). The van der Waals surface area contributed by atoms with Crippen LogP contribution in [0, 0.1) is 5.92 Å². The first-order chi connectivity index (χ1) is 10.7. The molecule has 0 radical (unpaired) electrons. The summed E-state index contributed by atoms with van der Waals surface area (Å²) in [5.74, 6) is 0.673. The molecule has 0 aromatic rings. The van der Waals surface area contributed by atoms with Gasteiger partial charge in [0.05, 0.1) is 0 Å². The molecule has 5 nitrogen and oxygen atoms in total. The van der Waals surface area contributed by atoms with Crippen molar-refractivity contribution in [3.63, 3.8) is 0 Å². The van der Waals surface area contributed by atoms with E-state index in [-0.39, 0.29) is 24.2 Å². The van der Waals surface area contributed by atoms with Crippen LogP contribution in [0.25, 0.3) is 0 Å². The minimum Gasteiger partial charge on any atom is -0.354 e. The molecule has 2 aliphatic rings. The molecule has 0 aromatic carbocycles. The van der Waals surface area contributed by atoms with Crippen molar-refractivity contribution in [2.75, 3.05) is 19.6 Å². The summed E-state index contributed by atoms with van der Waals surface area (Å²) < 4.78 is 0. The molecule has 1 atom stereocenters. The van der Waals surface area contributed by atoms with Crippen molar-refractivity contribution in [1.29, 1.82) is 0 Å². The smallest absolute Gasteiger partial charge is 0.245 e. The number of rotatable bonds is 7. The average molecular weight is 346 g/mol. The highest BCUT2D eigenvalue weighted by Gasteiger charge is 2.40. The van der Waals surface area contributed by atoms with Gasteiger partial charge in [0.1, 0.15) is 5.54 Å². The zero-order valence-corrected chi connectivity index (χ0v) is 15.1. The second kappa shape index (κ2) is 10.1. The Labute approximate surface area is 146 Å². The first-order valence-corrected chi connectivity index (χ1v) is 8.96. The maximum atomic E-state index is 12.5. The molecule has 3 N–H and O–H groups in total. The van der Waals surface area contributed by atoms with Crippen LogP contribution in [0.1, 0.15) is 64.7 Å². The van der Waals surface area contributed by atoms with Gasteiger partial charge in [0.25, 0.3) is 0 Å². The Morgan fingerprint density at radius 1 is 1.22 bits per heavy atom. The molecule has 0 aromatic heterocycles. The topological polar surface area (TPSA) is 70.2 Å². The van der Waals surface area contributed by atoms with Gasteiger partial charge in [-0.25, -0.2) is 0 Å². The largest absolute Gasteiger partial charge is 0.354 e. The van der Waals surface area contributed by atoms with Crippen molar-refractivity contribution >= 4 is 24.2 Å². The van der Waals surface area contributed by atoms with Gasteiger partial charge in [0.15, 0.2) is 0 Å². The molecular weight excluding hydrogens is 314 g/mol. The van der Waals surface area contributed by atoms with Gasteiger partial charge in [-0.2, -0.15) is 0 Å². The number of hydrogen-bond acceptors (Lipinski definition) is 3. The molecular formula is C17H32ClN3O2. The molecule has 1 aliphatic carbocycles. The lowest BCUT2D eigenvalue weighted by Crippen LogP contribution is -2.59. The molecule has 2 fully saturated rings. The van der Waals surface area contributed by atoms with Gasteiger partial charge in [-0.3, -0.25) is 9.59 Å². The molecule has 0 spiro atoms. The van der Waals surface area contributed by atoms with Gasteiger partial charge in [0, 0.05) is 13.0 Å². The SMILES string of the molecule is CCCNC(=O)C1(NC(=O)CCC2CCNC2)CCCCC1.Cl. The Bertz CT molecular complexity index is 378. The standard InChI is InChI=1S/C17H31N3O2.ClH/c1-2-11-19-16(22)17(9-4-3-5-10-17)20-15(21)7-6-14-8-12-18-13-14;/h14,18H,2-13H2,1H3,(H,19,22)(H,20,21);1H. The lowest BCUT2D eigenvalue weighted by molar-refractivity contribution is -0.135. The molecule has 6 heteroatoms. The summed E-state index contributed by atoms with van der Waals surface area (Å²) in [6, 6.07) is 0. The van der Waals surface area contributed by atoms with E-state index in [0.29, 0.717) is 18.9 Å². The highest BCUT2D eigenvalue weighted by atomic mass is 35.5. The van der Waals surface area contributed by atoms with Crippen molar-refractivity contribution in [2.45, 2.75) is 70.3 Å². The normalized spacial score (nSPS) is 22.9. The molecule has 0 bridgehead atoms. The number of amides is 2. The van der Waals surface area contributed by atoms with E-state index in [4.69, 9.17) is 0 Å². The molecule has 134 valence electrons. The van der Waals surface area contributed by atoms with Crippen LogP contribution in [0.15, 0.2) is 0 Å². The van der Waals surface area contributed by atoms with E-state index in [0.717, 1.165) is 64.5 Å². The van der Waals surface area contributed by atoms with Crippen molar-refractivity contribution in [1.82, 2.24) is 16.0 Å². The Morgan fingerprint density at radius 2 is 1.96 bits per heavy atom.